The van der Waals surface area contributed by atoms with E-state index in [9.17, 15) is 4.79 Å². The van der Waals surface area contributed by atoms with Crippen LogP contribution in [-0.2, 0) is 0 Å². The number of likely N-dealkylation sites (tertiary alicyclic amines) is 1. The highest BCUT2D eigenvalue weighted by Crippen LogP contribution is 2.29. The van der Waals surface area contributed by atoms with Crippen molar-refractivity contribution in [3.05, 3.63) is 53.2 Å². The number of pyridine rings is 1. The summed E-state index contributed by atoms with van der Waals surface area (Å²) < 4.78 is 0. The van der Waals surface area contributed by atoms with Gasteiger partial charge in [-0.25, -0.2) is 4.98 Å². The quantitative estimate of drug-likeness (QED) is 0.752. The number of aromatic nitrogens is 1. The molecule has 154 valence electrons. The van der Waals surface area contributed by atoms with Crippen LogP contribution < -0.4 is 9.80 Å². The molecule has 1 amide bonds. The molecule has 0 N–H and O–H groups in total. The number of benzene rings is 1. The highest BCUT2D eigenvalue weighted by molar-refractivity contribution is 6.30. The molecule has 2 aliphatic heterocycles. The lowest BCUT2D eigenvalue weighted by Crippen LogP contribution is -2.47. The van der Waals surface area contributed by atoms with Crippen LogP contribution in [0.4, 0.5) is 11.5 Å². The summed E-state index contributed by atoms with van der Waals surface area (Å²) in [5, 5.41) is 0.759. The molecule has 2 fully saturated rings. The number of halogens is 1. The Morgan fingerprint density at radius 1 is 0.966 bits per heavy atom. The number of nitrogens with zero attached hydrogens (tertiary/aromatic N) is 4. The van der Waals surface area contributed by atoms with Crippen LogP contribution in [0.25, 0.3) is 0 Å². The van der Waals surface area contributed by atoms with Gasteiger partial charge in [-0.3, -0.25) is 4.79 Å². The van der Waals surface area contributed by atoms with Gasteiger partial charge in [-0.15, -0.1) is 0 Å². The van der Waals surface area contributed by atoms with Crippen LogP contribution in [-0.4, -0.2) is 55.1 Å². The van der Waals surface area contributed by atoms with E-state index in [1.54, 1.807) is 0 Å². The van der Waals surface area contributed by atoms with Gasteiger partial charge in [0.05, 0.1) is 0 Å². The molecule has 1 aromatic heterocycles. The summed E-state index contributed by atoms with van der Waals surface area (Å²) in [6, 6.07) is 13.8. The summed E-state index contributed by atoms with van der Waals surface area (Å²) in [6.07, 6.45) is 2.23. The third-order valence-corrected chi connectivity index (χ3v) is 6.19. The maximum absolute atomic E-state index is 13.0. The number of carbonyl (C=O) groups excluding carboxylic acids is 1. The Morgan fingerprint density at radius 3 is 2.34 bits per heavy atom. The second kappa shape index (κ2) is 8.23. The summed E-state index contributed by atoms with van der Waals surface area (Å²) >= 11 is 6.00. The summed E-state index contributed by atoms with van der Waals surface area (Å²) in [5.74, 6) is 0.947. The lowest BCUT2D eigenvalue weighted by Gasteiger charge is -2.38. The maximum Gasteiger partial charge on any atom is 0.272 e. The van der Waals surface area contributed by atoms with Gasteiger partial charge >= 0.3 is 0 Å². The zero-order chi connectivity index (χ0) is 20.4. The van der Waals surface area contributed by atoms with E-state index in [4.69, 9.17) is 16.6 Å². The van der Waals surface area contributed by atoms with Gasteiger partial charge < -0.3 is 14.7 Å². The Morgan fingerprint density at radius 2 is 1.66 bits per heavy atom. The average molecular weight is 413 g/mol. The number of rotatable bonds is 3. The Hall–Kier alpha value is -2.27. The fourth-order valence-electron chi connectivity index (χ4n) is 4.32. The average Bonchev–Trinajstić information content (AvgIpc) is 2.73. The van der Waals surface area contributed by atoms with Crippen molar-refractivity contribution in [2.24, 2.45) is 5.41 Å². The highest BCUT2D eigenvalue weighted by Gasteiger charge is 2.30. The van der Waals surface area contributed by atoms with Crippen LogP contribution >= 0.6 is 11.6 Å². The van der Waals surface area contributed by atoms with Crippen LogP contribution in [0.5, 0.6) is 0 Å². The molecule has 0 unspecified atom stereocenters. The number of hydrogen-bond donors (Lipinski definition) is 0. The molecule has 0 saturated carbocycles. The van der Waals surface area contributed by atoms with E-state index in [0.717, 1.165) is 56.5 Å². The zero-order valence-corrected chi connectivity index (χ0v) is 18.0. The van der Waals surface area contributed by atoms with Crippen LogP contribution in [0.3, 0.4) is 0 Å². The van der Waals surface area contributed by atoms with E-state index in [-0.39, 0.29) is 11.3 Å². The predicted molar refractivity (Wildman–Crippen MR) is 119 cm³/mol. The lowest BCUT2D eigenvalue weighted by atomic mass is 9.84. The molecule has 6 heteroatoms. The normalized spacial score (nSPS) is 19.3. The first-order valence-electron chi connectivity index (χ1n) is 10.4. The number of carbonyl (C=O) groups is 1. The molecule has 2 aliphatic rings. The molecule has 0 spiro atoms. The Kier molecular flexibility index (Phi) is 5.68. The van der Waals surface area contributed by atoms with Crippen molar-refractivity contribution in [2.75, 3.05) is 49.1 Å². The first-order valence-corrected chi connectivity index (χ1v) is 10.8. The monoisotopic (exact) mass is 412 g/mol. The van der Waals surface area contributed by atoms with Crippen molar-refractivity contribution in [1.82, 2.24) is 9.88 Å². The van der Waals surface area contributed by atoms with E-state index >= 15 is 0 Å². The van der Waals surface area contributed by atoms with Crippen molar-refractivity contribution in [2.45, 2.75) is 26.7 Å². The number of amides is 1. The molecule has 0 radical (unpaired) electrons. The van der Waals surface area contributed by atoms with Crippen LogP contribution in [0.2, 0.25) is 5.02 Å². The third kappa shape index (κ3) is 4.67. The van der Waals surface area contributed by atoms with Gasteiger partial charge in [0.15, 0.2) is 0 Å². The molecular weight excluding hydrogens is 384 g/mol. The lowest BCUT2D eigenvalue weighted by molar-refractivity contribution is 0.0577. The molecule has 2 aromatic rings. The maximum atomic E-state index is 13.0. The Bertz CT molecular complexity index is 859. The van der Waals surface area contributed by atoms with Gasteiger partial charge in [-0.05, 0) is 54.7 Å². The highest BCUT2D eigenvalue weighted by atomic mass is 35.5. The molecule has 0 atom stereocenters. The van der Waals surface area contributed by atoms with Crippen LogP contribution in [0, 0.1) is 5.41 Å². The second-order valence-corrected chi connectivity index (χ2v) is 9.26. The van der Waals surface area contributed by atoms with E-state index in [0.29, 0.717) is 5.69 Å². The summed E-state index contributed by atoms with van der Waals surface area (Å²) in [4.78, 5) is 24.3. The minimum absolute atomic E-state index is 0.0550. The van der Waals surface area contributed by atoms with Crippen molar-refractivity contribution in [3.8, 4) is 0 Å². The van der Waals surface area contributed by atoms with Crippen molar-refractivity contribution in [3.63, 3.8) is 0 Å². The van der Waals surface area contributed by atoms with Crippen molar-refractivity contribution in [1.29, 1.82) is 0 Å². The van der Waals surface area contributed by atoms with Gasteiger partial charge in [0.25, 0.3) is 5.91 Å². The van der Waals surface area contributed by atoms with E-state index in [1.807, 2.05) is 35.2 Å². The molecule has 2 saturated heterocycles. The Labute approximate surface area is 178 Å². The van der Waals surface area contributed by atoms with Crippen LogP contribution in [0.1, 0.15) is 37.2 Å². The molecule has 5 nitrogen and oxygen atoms in total. The minimum Gasteiger partial charge on any atom is -0.368 e. The first-order chi connectivity index (χ1) is 13.9. The molecule has 0 bridgehead atoms. The van der Waals surface area contributed by atoms with Gasteiger partial charge in [0.2, 0.25) is 0 Å². The number of anilines is 2. The topological polar surface area (TPSA) is 39.7 Å². The SMILES string of the molecule is CC1(C)CCCN(C(=O)c2cccc(N3CCN(c4ccc(Cl)cc4)CC3)n2)C1. The molecule has 0 aliphatic carbocycles. The van der Waals surface area contributed by atoms with Gasteiger partial charge in [0, 0.05) is 50.0 Å². The van der Waals surface area contributed by atoms with Gasteiger partial charge in [-0.2, -0.15) is 0 Å². The summed E-state index contributed by atoms with van der Waals surface area (Å²) in [6.45, 7) is 9.69. The largest absolute Gasteiger partial charge is 0.368 e. The number of hydrogen-bond acceptors (Lipinski definition) is 4. The standard InChI is InChI=1S/C23H29ClN4O/c1-23(2)11-4-12-28(17-23)22(29)20-5-3-6-21(25-20)27-15-13-26(14-16-27)19-9-7-18(24)8-10-19/h3,5-10H,4,11-17H2,1-2H3. The number of piperazine rings is 1. The van der Waals surface area contributed by atoms with Crippen molar-refractivity contribution >= 4 is 29.0 Å². The van der Waals surface area contributed by atoms with Crippen LogP contribution in [0.15, 0.2) is 42.5 Å². The van der Waals surface area contributed by atoms with Crippen molar-refractivity contribution < 1.29 is 4.79 Å². The predicted octanol–water partition coefficient (Wildman–Crippen LogP) is 4.32. The molecule has 1 aromatic carbocycles. The second-order valence-electron chi connectivity index (χ2n) is 8.83. The summed E-state index contributed by atoms with van der Waals surface area (Å²) in [5.41, 5.74) is 1.93. The molecule has 4 rings (SSSR count). The van der Waals surface area contributed by atoms with E-state index in [1.165, 1.54) is 12.1 Å². The molecule has 29 heavy (non-hydrogen) atoms. The third-order valence-electron chi connectivity index (χ3n) is 5.94. The summed E-state index contributed by atoms with van der Waals surface area (Å²) in [7, 11) is 0. The molecular formula is C23H29ClN4O. The first kappa shape index (κ1) is 20.0. The van der Waals surface area contributed by atoms with E-state index < -0.39 is 0 Å². The number of piperidine rings is 1. The Balaban J connectivity index is 1.41. The minimum atomic E-state index is 0.0550. The van der Waals surface area contributed by atoms with Gasteiger partial charge in [-0.1, -0.05) is 31.5 Å². The fraction of sp³-hybridized carbons (Fsp3) is 0.478. The molecule has 3 heterocycles. The fourth-order valence-corrected chi connectivity index (χ4v) is 4.45. The smallest absolute Gasteiger partial charge is 0.272 e. The van der Waals surface area contributed by atoms with E-state index in [2.05, 4.69) is 35.8 Å². The zero-order valence-electron chi connectivity index (χ0n) is 17.3. The van der Waals surface area contributed by atoms with Gasteiger partial charge in [0.1, 0.15) is 11.5 Å².